The second-order valence-corrected chi connectivity index (χ2v) is 5.17. The number of carbonyl (C=O) groups excluding carboxylic acids is 1. The molecule has 15 heavy (non-hydrogen) atoms. The third kappa shape index (κ3) is 9.77. The fourth-order valence-corrected chi connectivity index (χ4v) is 1.57. The maximum Gasteiger partial charge on any atom is 0.306 e. The smallest absolute Gasteiger partial charge is 0.306 e. The zero-order valence-corrected chi connectivity index (χ0v) is 10.9. The summed E-state index contributed by atoms with van der Waals surface area (Å²) in [5.74, 6) is 1.16. The molecule has 90 valence electrons. The van der Waals surface area contributed by atoms with Crippen molar-refractivity contribution in [3.8, 4) is 0 Å². The molecule has 0 rings (SSSR count). The highest BCUT2D eigenvalue weighted by Crippen LogP contribution is 2.15. The van der Waals surface area contributed by atoms with Crippen LogP contribution in [-0.2, 0) is 9.53 Å². The van der Waals surface area contributed by atoms with Crippen LogP contribution in [-0.4, -0.2) is 12.1 Å². The second kappa shape index (κ2) is 7.72. The molecule has 0 N–H and O–H groups in total. The van der Waals surface area contributed by atoms with Crippen LogP contribution in [0.15, 0.2) is 0 Å². The lowest BCUT2D eigenvalue weighted by Crippen LogP contribution is -2.14. The molecule has 0 spiro atoms. The number of esters is 1. The van der Waals surface area contributed by atoms with Gasteiger partial charge >= 0.3 is 5.97 Å². The van der Waals surface area contributed by atoms with Crippen LogP contribution in [0.4, 0.5) is 0 Å². The van der Waals surface area contributed by atoms with Gasteiger partial charge in [-0.2, -0.15) is 0 Å². The summed E-state index contributed by atoms with van der Waals surface area (Å²) in [6.07, 6.45) is 4.18. The van der Waals surface area contributed by atoms with Gasteiger partial charge in [-0.25, -0.2) is 0 Å². The number of hydrogen-bond acceptors (Lipinski definition) is 2. The number of carbonyl (C=O) groups is 1. The van der Waals surface area contributed by atoms with Crippen molar-refractivity contribution in [1.29, 1.82) is 0 Å². The molecule has 0 heterocycles. The normalized spacial score (nSPS) is 13.3. The van der Waals surface area contributed by atoms with Crippen molar-refractivity contribution in [2.24, 2.45) is 11.8 Å². The van der Waals surface area contributed by atoms with Crippen LogP contribution in [0, 0.1) is 11.8 Å². The predicted octanol–water partition coefficient (Wildman–Crippen LogP) is 3.79. The van der Waals surface area contributed by atoms with Crippen LogP contribution in [0.1, 0.15) is 60.3 Å². The van der Waals surface area contributed by atoms with E-state index in [4.69, 9.17) is 4.74 Å². The van der Waals surface area contributed by atoms with Crippen molar-refractivity contribution in [2.75, 3.05) is 0 Å². The Morgan fingerprint density at radius 3 is 2.13 bits per heavy atom. The van der Waals surface area contributed by atoms with E-state index in [9.17, 15) is 4.79 Å². The Hall–Kier alpha value is -0.530. The molecule has 0 aliphatic rings. The van der Waals surface area contributed by atoms with Crippen LogP contribution >= 0.6 is 0 Å². The monoisotopic (exact) mass is 214 g/mol. The van der Waals surface area contributed by atoms with Gasteiger partial charge in [0.05, 0.1) is 6.10 Å². The summed E-state index contributed by atoms with van der Waals surface area (Å²) in [6, 6.07) is 0. The summed E-state index contributed by atoms with van der Waals surface area (Å²) >= 11 is 0. The SMILES string of the molecule is CC(C)CCCC(C)CC(=O)OC(C)C. The van der Waals surface area contributed by atoms with Gasteiger partial charge in [0.25, 0.3) is 0 Å². The van der Waals surface area contributed by atoms with Gasteiger partial charge in [-0.15, -0.1) is 0 Å². The minimum Gasteiger partial charge on any atom is -0.463 e. The molecule has 0 aliphatic heterocycles. The van der Waals surface area contributed by atoms with E-state index in [1.165, 1.54) is 12.8 Å². The Bertz CT molecular complexity index is 173. The van der Waals surface area contributed by atoms with Gasteiger partial charge in [0.15, 0.2) is 0 Å². The molecule has 1 atom stereocenters. The van der Waals surface area contributed by atoms with Gasteiger partial charge in [0.2, 0.25) is 0 Å². The summed E-state index contributed by atoms with van der Waals surface area (Å²) in [5, 5.41) is 0. The van der Waals surface area contributed by atoms with E-state index in [-0.39, 0.29) is 12.1 Å². The van der Waals surface area contributed by atoms with E-state index in [1.54, 1.807) is 0 Å². The van der Waals surface area contributed by atoms with E-state index in [0.29, 0.717) is 12.3 Å². The molecule has 0 saturated heterocycles. The Morgan fingerprint density at radius 1 is 1.07 bits per heavy atom. The van der Waals surface area contributed by atoms with E-state index < -0.39 is 0 Å². The van der Waals surface area contributed by atoms with Gasteiger partial charge in [-0.05, 0) is 25.7 Å². The molecular weight excluding hydrogens is 188 g/mol. The van der Waals surface area contributed by atoms with Crippen molar-refractivity contribution in [1.82, 2.24) is 0 Å². The first-order valence-electron chi connectivity index (χ1n) is 6.11. The van der Waals surface area contributed by atoms with Crippen LogP contribution < -0.4 is 0 Å². The quantitative estimate of drug-likeness (QED) is 0.603. The molecule has 0 saturated carbocycles. The first-order valence-corrected chi connectivity index (χ1v) is 6.11. The van der Waals surface area contributed by atoms with Gasteiger partial charge in [-0.3, -0.25) is 4.79 Å². The van der Waals surface area contributed by atoms with Crippen molar-refractivity contribution in [3.05, 3.63) is 0 Å². The lowest BCUT2D eigenvalue weighted by molar-refractivity contribution is -0.148. The van der Waals surface area contributed by atoms with E-state index in [1.807, 2.05) is 13.8 Å². The van der Waals surface area contributed by atoms with Gasteiger partial charge in [0, 0.05) is 6.42 Å². The van der Waals surface area contributed by atoms with Crippen molar-refractivity contribution >= 4 is 5.97 Å². The Kier molecular flexibility index (Phi) is 7.45. The molecule has 0 aromatic carbocycles. The van der Waals surface area contributed by atoms with Crippen molar-refractivity contribution in [2.45, 2.75) is 66.4 Å². The minimum atomic E-state index is -0.0537. The molecule has 1 unspecified atom stereocenters. The summed E-state index contributed by atoms with van der Waals surface area (Å²) in [7, 11) is 0. The number of ether oxygens (including phenoxy) is 1. The maximum atomic E-state index is 11.3. The topological polar surface area (TPSA) is 26.3 Å². The zero-order chi connectivity index (χ0) is 11.8. The predicted molar refractivity (Wildman–Crippen MR) is 63.7 cm³/mol. The molecule has 0 bridgehead atoms. The standard InChI is InChI=1S/C13H26O2/c1-10(2)7-6-8-12(5)9-13(14)15-11(3)4/h10-12H,6-9H2,1-5H3. The Labute approximate surface area is 94.4 Å². The average molecular weight is 214 g/mol. The lowest BCUT2D eigenvalue weighted by atomic mass is 9.97. The highest BCUT2D eigenvalue weighted by molar-refractivity contribution is 5.69. The molecule has 0 aromatic rings. The first kappa shape index (κ1) is 14.5. The third-order valence-electron chi connectivity index (χ3n) is 2.36. The van der Waals surface area contributed by atoms with Gasteiger partial charge < -0.3 is 4.74 Å². The molecule has 0 fully saturated rings. The van der Waals surface area contributed by atoms with E-state index in [0.717, 1.165) is 12.3 Å². The summed E-state index contributed by atoms with van der Waals surface area (Å²) in [4.78, 5) is 11.3. The second-order valence-electron chi connectivity index (χ2n) is 5.17. The molecule has 0 aliphatic carbocycles. The lowest BCUT2D eigenvalue weighted by Gasteiger charge is -2.13. The molecular formula is C13H26O2. The molecule has 2 nitrogen and oxygen atoms in total. The van der Waals surface area contributed by atoms with Crippen LogP contribution in [0.5, 0.6) is 0 Å². The fraction of sp³-hybridized carbons (Fsp3) is 0.923. The summed E-state index contributed by atoms with van der Waals surface area (Å²) < 4.78 is 5.11. The van der Waals surface area contributed by atoms with Gasteiger partial charge in [0.1, 0.15) is 0 Å². The Morgan fingerprint density at radius 2 is 1.67 bits per heavy atom. The van der Waals surface area contributed by atoms with Crippen LogP contribution in [0.2, 0.25) is 0 Å². The maximum absolute atomic E-state index is 11.3. The minimum absolute atomic E-state index is 0.0142. The van der Waals surface area contributed by atoms with E-state index >= 15 is 0 Å². The van der Waals surface area contributed by atoms with E-state index in [2.05, 4.69) is 20.8 Å². The number of hydrogen-bond donors (Lipinski definition) is 0. The Balaban J connectivity index is 3.55. The van der Waals surface area contributed by atoms with Gasteiger partial charge in [-0.1, -0.05) is 40.0 Å². The van der Waals surface area contributed by atoms with Crippen LogP contribution in [0.25, 0.3) is 0 Å². The van der Waals surface area contributed by atoms with Crippen molar-refractivity contribution in [3.63, 3.8) is 0 Å². The molecule has 2 heteroatoms. The number of rotatable bonds is 7. The van der Waals surface area contributed by atoms with Crippen molar-refractivity contribution < 1.29 is 9.53 Å². The largest absolute Gasteiger partial charge is 0.463 e. The first-order chi connectivity index (χ1) is 6.91. The fourth-order valence-electron chi connectivity index (χ4n) is 1.57. The van der Waals surface area contributed by atoms with Crippen LogP contribution in [0.3, 0.4) is 0 Å². The molecule has 0 radical (unpaired) electrons. The average Bonchev–Trinajstić information content (AvgIpc) is 2.00. The third-order valence-corrected chi connectivity index (χ3v) is 2.36. The molecule has 0 amide bonds. The highest BCUT2D eigenvalue weighted by atomic mass is 16.5. The molecule has 0 aromatic heterocycles. The summed E-state index contributed by atoms with van der Waals surface area (Å²) in [6.45, 7) is 10.4. The summed E-state index contributed by atoms with van der Waals surface area (Å²) in [5.41, 5.74) is 0. The zero-order valence-electron chi connectivity index (χ0n) is 10.9. The highest BCUT2D eigenvalue weighted by Gasteiger charge is 2.11.